The van der Waals surface area contributed by atoms with Crippen LogP contribution in [0.25, 0.3) is 10.9 Å². The Kier molecular flexibility index (Phi) is 3.02. The fourth-order valence-electron chi connectivity index (χ4n) is 2.13. The molecule has 0 amide bonds. The third kappa shape index (κ3) is 2.29. The summed E-state index contributed by atoms with van der Waals surface area (Å²) in [4.78, 5) is 14.7. The Balaban J connectivity index is 2.17. The molecule has 0 aliphatic carbocycles. The number of thiophene rings is 1. The van der Waals surface area contributed by atoms with Crippen molar-refractivity contribution < 1.29 is 23.1 Å². The average molecular weight is 311 g/mol. The van der Waals surface area contributed by atoms with Crippen molar-refractivity contribution in [2.24, 2.45) is 0 Å². The van der Waals surface area contributed by atoms with Gasteiger partial charge in [0.25, 0.3) is 0 Å². The molecule has 0 saturated carbocycles. The standard InChI is InChI=1S/C14H8F3NO2S/c15-14(16,17)8-1-2-9-10(5-8)18-13(20)11(9)12(19)7-3-4-21-6-7/h1-6,18,20H. The van der Waals surface area contributed by atoms with Crippen LogP contribution >= 0.6 is 11.3 Å². The van der Waals surface area contributed by atoms with E-state index in [1.54, 1.807) is 16.8 Å². The summed E-state index contributed by atoms with van der Waals surface area (Å²) < 4.78 is 38.0. The van der Waals surface area contributed by atoms with Gasteiger partial charge in [0, 0.05) is 21.8 Å². The van der Waals surface area contributed by atoms with Crippen molar-refractivity contribution in [2.75, 3.05) is 0 Å². The van der Waals surface area contributed by atoms with Crippen molar-refractivity contribution >= 4 is 28.0 Å². The van der Waals surface area contributed by atoms with Crippen LogP contribution in [0.4, 0.5) is 13.2 Å². The van der Waals surface area contributed by atoms with Crippen LogP contribution in [0.3, 0.4) is 0 Å². The fraction of sp³-hybridized carbons (Fsp3) is 0.0714. The number of hydrogen-bond acceptors (Lipinski definition) is 3. The molecule has 0 spiro atoms. The Labute approximate surface area is 120 Å². The molecule has 3 nitrogen and oxygen atoms in total. The molecule has 0 aliphatic rings. The highest BCUT2D eigenvalue weighted by atomic mass is 32.1. The minimum absolute atomic E-state index is 0.0166. The summed E-state index contributed by atoms with van der Waals surface area (Å²) in [6.07, 6.45) is -4.48. The first-order chi connectivity index (χ1) is 9.88. The molecular formula is C14H8F3NO2S. The Morgan fingerprint density at radius 2 is 2.00 bits per heavy atom. The molecule has 1 aromatic carbocycles. The maximum Gasteiger partial charge on any atom is 0.416 e. The first-order valence-electron chi connectivity index (χ1n) is 5.86. The van der Waals surface area contributed by atoms with Crippen molar-refractivity contribution in [1.29, 1.82) is 0 Å². The number of aromatic amines is 1. The van der Waals surface area contributed by atoms with Crippen LogP contribution in [0.5, 0.6) is 5.88 Å². The van der Waals surface area contributed by atoms with Gasteiger partial charge >= 0.3 is 6.18 Å². The quantitative estimate of drug-likeness (QED) is 0.697. The lowest BCUT2D eigenvalue weighted by molar-refractivity contribution is -0.137. The number of aromatic hydroxyl groups is 1. The Morgan fingerprint density at radius 1 is 1.24 bits per heavy atom. The van der Waals surface area contributed by atoms with Crippen molar-refractivity contribution in [3.63, 3.8) is 0 Å². The van der Waals surface area contributed by atoms with Crippen molar-refractivity contribution in [2.45, 2.75) is 6.18 Å². The van der Waals surface area contributed by atoms with Crippen molar-refractivity contribution in [3.8, 4) is 5.88 Å². The van der Waals surface area contributed by atoms with E-state index in [1.165, 1.54) is 17.4 Å². The SMILES string of the molecule is O=C(c1ccsc1)c1c(O)[nH]c2cc(C(F)(F)F)ccc12. The number of benzene rings is 1. The fourth-order valence-corrected chi connectivity index (χ4v) is 2.76. The zero-order valence-corrected chi connectivity index (χ0v) is 11.2. The van der Waals surface area contributed by atoms with E-state index < -0.39 is 23.4 Å². The topological polar surface area (TPSA) is 53.1 Å². The molecule has 2 aromatic heterocycles. The summed E-state index contributed by atoms with van der Waals surface area (Å²) in [5.41, 5.74) is -0.403. The molecular weight excluding hydrogens is 303 g/mol. The van der Waals surface area contributed by atoms with Crippen LogP contribution in [0, 0.1) is 0 Å². The van der Waals surface area contributed by atoms with E-state index in [1.807, 2.05) is 0 Å². The smallest absolute Gasteiger partial charge is 0.416 e. The molecule has 3 rings (SSSR count). The van der Waals surface area contributed by atoms with Crippen LogP contribution in [0.2, 0.25) is 0 Å². The predicted molar refractivity (Wildman–Crippen MR) is 72.7 cm³/mol. The number of fused-ring (bicyclic) bond motifs is 1. The lowest BCUT2D eigenvalue weighted by atomic mass is 10.0. The van der Waals surface area contributed by atoms with E-state index >= 15 is 0 Å². The maximum absolute atomic E-state index is 12.7. The zero-order chi connectivity index (χ0) is 15.2. The number of nitrogens with one attached hydrogen (secondary N) is 1. The summed E-state index contributed by atoms with van der Waals surface area (Å²) in [6, 6.07) is 4.54. The second kappa shape index (κ2) is 4.63. The molecule has 0 saturated heterocycles. The van der Waals surface area contributed by atoms with Crippen LogP contribution in [-0.2, 0) is 6.18 Å². The van der Waals surface area contributed by atoms with Gasteiger partial charge < -0.3 is 10.1 Å². The number of alkyl halides is 3. The van der Waals surface area contributed by atoms with Gasteiger partial charge in [-0.2, -0.15) is 24.5 Å². The van der Waals surface area contributed by atoms with Gasteiger partial charge in [0.2, 0.25) is 5.88 Å². The number of carbonyl (C=O) groups excluding carboxylic acids is 1. The molecule has 0 atom stereocenters. The highest BCUT2D eigenvalue weighted by Crippen LogP contribution is 2.35. The van der Waals surface area contributed by atoms with Gasteiger partial charge in [-0.3, -0.25) is 4.79 Å². The Morgan fingerprint density at radius 3 is 2.62 bits per heavy atom. The largest absolute Gasteiger partial charge is 0.494 e. The first kappa shape index (κ1) is 13.7. The number of halogens is 3. The summed E-state index contributed by atoms with van der Waals surface area (Å²) in [7, 11) is 0. The van der Waals surface area contributed by atoms with Gasteiger partial charge in [-0.15, -0.1) is 0 Å². The van der Waals surface area contributed by atoms with Gasteiger partial charge in [-0.25, -0.2) is 0 Å². The maximum atomic E-state index is 12.7. The van der Waals surface area contributed by atoms with E-state index in [0.29, 0.717) is 5.56 Å². The molecule has 0 unspecified atom stereocenters. The minimum Gasteiger partial charge on any atom is -0.494 e. The lowest BCUT2D eigenvalue weighted by Crippen LogP contribution is -2.04. The Hall–Kier alpha value is -2.28. The third-order valence-electron chi connectivity index (χ3n) is 3.12. The van der Waals surface area contributed by atoms with Gasteiger partial charge in [0.1, 0.15) is 0 Å². The summed E-state index contributed by atoms with van der Waals surface area (Å²) in [5, 5.41) is 13.4. The average Bonchev–Trinajstić information content (AvgIpc) is 3.02. The molecule has 0 aliphatic heterocycles. The summed E-state index contributed by atoms with van der Waals surface area (Å²) in [5.74, 6) is -0.861. The third-order valence-corrected chi connectivity index (χ3v) is 3.80. The number of carbonyl (C=O) groups is 1. The predicted octanol–water partition coefficient (Wildman–Crippen LogP) is 4.18. The van der Waals surface area contributed by atoms with Crippen LogP contribution in [0.1, 0.15) is 21.5 Å². The van der Waals surface area contributed by atoms with Crippen LogP contribution < -0.4 is 0 Å². The highest BCUT2D eigenvalue weighted by Gasteiger charge is 2.31. The first-order valence-corrected chi connectivity index (χ1v) is 6.81. The molecule has 0 fully saturated rings. The minimum atomic E-state index is -4.48. The molecule has 21 heavy (non-hydrogen) atoms. The van der Waals surface area contributed by atoms with Gasteiger partial charge in [0.15, 0.2) is 5.78 Å². The van der Waals surface area contributed by atoms with Gasteiger partial charge in [-0.05, 0) is 23.6 Å². The summed E-state index contributed by atoms with van der Waals surface area (Å²) >= 11 is 1.32. The number of aromatic nitrogens is 1. The van der Waals surface area contributed by atoms with Crippen LogP contribution in [0.15, 0.2) is 35.0 Å². The van der Waals surface area contributed by atoms with Crippen molar-refractivity contribution in [3.05, 3.63) is 51.7 Å². The summed E-state index contributed by atoms with van der Waals surface area (Å²) in [6.45, 7) is 0. The molecule has 3 aromatic rings. The molecule has 2 heterocycles. The molecule has 2 N–H and O–H groups in total. The van der Waals surface area contributed by atoms with E-state index in [0.717, 1.165) is 12.1 Å². The second-order valence-electron chi connectivity index (χ2n) is 4.45. The van der Waals surface area contributed by atoms with Gasteiger partial charge in [-0.1, -0.05) is 6.07 Å². The molecule has 0 radical (unpaired) electrons. The lowest BCUT2D eigenvalue weighted by Gasteiger charge is -2.06. The number of rotatable bonds is 2. The number of ketones is 1. The normalized spacial score (nSPS) is 12.0. The highest BCUT2D eigenvalue weighted by molar-refractivity contribution is 7.08. The Bertz CT molecular complexity index is 819. The monoisotopic (exact) mass is 311 g/mol. The number of H-pyrrole nitrogens is 1. The molecule has 0 bridgehead atoms. The van der Waals surface area contributed by atoms with Crippen molar-refractivity contribution in [1.82, 2.24) is 4.98 Å². The van der Waals surface area contributed by atoms with E-state index in [4.69, 9.17) is 0 Å². The zero-order valence-electron chi connectivity index (χ0n) is 10.4. The van der Waals surface area contributed by atoms with Gasteiger partial charge in [0.05, 0.1) is 11.1 Å². The number of hydrogen-bond donors (Lipinski definition) is 2. The van der Waals surface area contributed by atoms with E-state index in [9.17, 15) is 23.1 Å². The molecule has 108 valence electrons. The van der Waals surface area contributed by atoms with E-state index in [2.05, 4.69) is 4.98 Å². The van der Waals surface area contributed by atoms with Crippen LogP contribution in [-0.4, -0.2) is 15.9 Å². The molecule has 7 heteroatoms. The second-order valence-corrected chi connectivity index (χ2v) is 5.23. The van der Waals surface area contributed by atoms with E-state index in [-0.39, 0.29) is 16.5 Å².